The number of aliphatic hydroxyl groups is 1. The minimum Gasteiger partial charge on any atom is -0.392 e. The van der Waals surface area contributed by atoms with Gasteiger partial charge in [-0.2, -0.15) is 5.21 Å². The van der Waals surface area contributed by atoms with Gasteiger partial charge in [-0.1, -0.05) is 53.8 Å². The molecule has 3 rings (SSSR count). The molecule has 1 aliphatic carbocycles. The predicted molar refractivity (Wildman–Crippen MR) is 70.3 cm³/mol. The fourth-order valence-corrected chi connectivity index (χ4v) is 2.39. The lowest BCUT2D eigenvalue weighted by Crippen LogP contribution is -2.28. The van der Waals surface area contributed by atoms with Crippen molar-refractivity contribution in [2.45, 2.75) is 11.8 Å². The number of allylic oxidation sites excluding steroid dienone is 2. The van der Waals surface area contributed by atoms with E-state index in [1.165, 1.54) is 0 Å². The van der Waals surface area contributed by atoms with Gasteiger partial charge in [-0.3, -0.25) is 0 Å². The zero-order valence-electron chi connectivity index (χ0n) is 10.3. The van der Waals surface area contributed by atoms with Crippen molar-refractivity contribution in [1.29, 1.82) is 0 Å². The minimum absolute atomic E-state index is 0.0492. The van der Waals surface area contributed by atoms with Gasteiger partial charge in [0.05, 0.1) is 12.0 Å². The van der Waals surface area contributed by atoms with Crippen molar-refractivity contribution in [2.24, 2.45) is 0 Å². The molecule has 2 aromatic rings. The molecule has 1 unspecified atom stereocenters. The largest absolute Gasteiger partial charge is 0.392 e. The second kappa shape index (κ2) is 4.78. The normalized spacial score (nSPS) is 22.3. The molecule has 1 aromatic carbocycles. The van der Waals surface area contributed by atoms with Gasteiger partial charge in [-0.15, -0.1) is 10.2 Å². The second-order valence-electron chi connectivity index (χ2n) is 4.55. The highest BCUT2D eigenvalue weighted by molar-refractivity contribution is 5.44. The van der Waals surface area contributed by atoms with Crippen molar-refractivity contribution in [3.05, 3.63) is 65.5 Å². The van der Waals surface area contributed by atoms with Crippen LogP contribution in [0.15, 0.2) is 54.1 Å². The molecule has 2 N–H and O–H groups in total. The Balaban J connectivity index is 2.09. The number of nitrogens with zero attached hydrogens (tertiary/aromatic N) is 3. The third-order valence-corrected chi connectivity index (χ3v) is 3.48. The van der Waals surface area contributed by atoms with Crippen molar-refractivity contribution in [2.75, 3.05) is 6.61 Å². The molecule has 0 amide bonds. The number of aliphatic hydroxyl groups excluding tert-OH is 1. The quantitative estimate of drug-likeness (QED) is 0.867. The van der Waals surface area contributed by atoms with E-state index in [1.54, 1.807) is 0 Å². The molecule has 1 aromatic heterocycles. The highest BCUT2D eigenvalue weighted by Gasteiger charge is 2.36. The highest BCUT2D eigenvalue weighted by atomic mass is 16.3. The maximum atomic E-state index is 9.19. The Labute approximate surface area is 110 Å². The number of hydrogen-bond donors (Lipinski definition) is 2. The van der Waals surface area contributed by atoms with Gasteiger partial charge in [0.25, 0.3) is 0 Å². The van der Waals surface area contributed by atoms with Gasteiger partial charge in [0.15, 0.2) is 5.82 Å². The first kappa shape index (κ1) is 11.8. The van der Waals surface area contributed by atoms with Crippen LogP contribution >= 0.6 is 0 Å². The summed E-state index contributed by atoms with van der Waals surface area (Å²) in [6.07, 6.45) is 6.69. The molecule has 1 aliphatic rings. The lowest BCUT2D eigenvalue weighted by atomic mass is 9.74. The van der Waals surface area contributed by atoms with Crippen molar-refractivity contribution in [3.8, 4) is 0 Å². The summed E-state index contributed by atoms with van der Waals surface area (Å²) in [5.41, 5.74) is 1.61. The topological polar surface area (TPSA) is 74.7 Å². The summed E-state index contributed by atoms with van der Waals surface area (Å²) in [4.78, 5) is 0. The van der Waals surface area contributed by atoms with Crippen molar-refractivity contribution in [1.82, 2.24) is 20.6 Å². The SMILES string of the molecule is OCC1=CCC(c2ccccc2)(c2nn[nH]n2)C=C1. The third-order valence-electron chi connectivity index (χ3n) is 3.48. The maximum absolute atomic E-state index is 9.19. The molecule has 1 heterocycles. The zero-order chi connectivity index (χ0) is 13.1. The van der Waals surface area contributed by atoms with Crippen LogP contribution < -0.4 is 0 Å². The fourth-order valence-electron chi connectivity index (χ4n) is 2.39. The monoisotopic (exact) mass is 254 g/mol. The van der Waals surface area contributed by atoms with Gasteiger partial charge >= 0.3 is 0 Å². The van der Waals surface area contributed by atoms with Gasteiger partial charge in [0.1, 0.15) is 0 Å². The van der Waals surface area contributed by atoms with E-state index in [0.29, 0.717) is 12.2 Å². The van der Waals surface area contributed by atoms with Crippen LogP contribution in [0.5, 0.6) is 0 Å². The lowest BCUT2D eigenvalue weighted by molar-refractivity contribution is 0.333. The Kier molecular flexibility index (Phi) is 2.97. The Morgan fingerprint density at radius 1 is 1.26 bits per heavy atom. The fraction of sp³-hybridized carbons (Fsp3) is 0.214. The first-order valence-corrected chi connectivity index (χ1v) is 6.14. The molecule has 0 fully saturated rings. The van der Waals surface area contributed by atoms with Crippen LogP contribution in [0, 0.1) is 0 Å². The summed E-state index contributed by atoms with van der Waals surface area (Å²) in [5, 5.41) is 23.7. The van der Waals surface area contributed by atoms with E-state index in [0.717, 1.165) is 11.1 Å². The summed E-state index contributed by atoms with van der Waals surface area (Å²) in [6, 6.07) is 10.1. The number of nitrogens with one attached hydrogen (secondary N) is 1. The average Bonchev–Trinajstić information content (AvgIpc) is 3.03. The van der Waals surface area contributed by atoms with Gasteiger partial charge in [0, 0.05) is 0 Å². The first-order valence-electron chi connectivity index (χ1n) is 6.14. The Bertz CT molecular complexity index is 604. The molecule has 0 aliphatic heterocycles. The van der Waals surface area contributed by atoms with Crippen LogP contribution in [0.4, 0.5) is 0 Å². The lowest BCUT2D eigenvalue weighted by Gasteiger charge is -2.29. The summed E-state index contributed by atoms with van der Waals surface area (Å²) < 4.78 is 0. The van der Waals surface area contributed by atoms with E-state index in [-0.39, 0.29) is 6.61 Å². The van der Waals surface area contributed by atoms with Crippen molar-refractivity contribution >= 4 is 0 Å². The molecule has 5 heteroatoms. The van der Waals surface area contributed by atoms with Gasteiger partial charge < -0.3 is 5.11 Å². The number of tetrazole rings is 1. The number of aromatic amines is 1. The second-order valence-corrected chi connectivity index (χ2v) is 4.55. The van der Waals surface area contributed by atoms with Gasteiger partial charge in [0.2, 0.25) is 0 Å². The summed E-state index contributed by atoms with van der Waals surface area (Å²) in [5.74, 6) is 0.642. The van der Waals surface area contributed by atoms with Gasteiger partial charge in [-0.25, -0.2) is 0 Å². The van der Waals surface area contributed by atoms with E-state index in [4.69, 9.17) is 0 Å². The van der Waals surface area contributed by atoms with E-state index in [9.17, 15) is 5.11 Å². The molecular formula is C14H14N4O. The summed E-state index contributed by atoms with van der Waals surface area (Å²) in [7, 11) is 0. The number of aromatic nitrogens is 4. The smallest absolute Gasteiger partial charge is 0.189 e. The molecule has 0 spiro atoms. The van der Waals surface area contributed by atoms with E-state index in [2.05, 4.69) is 32.8 Å². The molecule has 0 saturated carbocycles. The number of benzene rings is 1. The van der Waals surface area contributed by atoms with Crippen LogP contribution in [0.2, 0.25) is 0 Å². The molecule has 96 valence electrons. The Morgan fingerprint density at radius 3 is 2.68 bits per heavy atom. The number of H-pyrrole nitrogens is 1. The molecule has 0 bridgehead atoms. The minimum atomic E-state index is -0.410. The average molecular weight is 254 g/mol. The zero-order valence-corrected chi connectivity index (χ0v) is 10.3. The van der Waals surface area contributed by atoms with E-state index >= 15 is 0 Å². The molecule has 1 atom stereocenters. The van der Waals surface area contributed by atoms with Gasteiger partial charge in [-0.05, 0) is 17.6 Å². The third kappa shape index (κ3) is 1.98. The van der Waals surface area contributed by atoms with Crippen LogP contribution in [0.1, 0.15) is 17.8 Å². The predicted octanol–water partition coefficient (Wildman–Crippen LogP) is 1.36. The van der Waals surface area contributed by atoms with Crippen LogP contribution in [-0.2, 0) is 5.41 Å². The van der Waals surface area contributed by atoms with E-state index < -0.39 is 5.41 Å². The Morgan fingerprint density at radius 2 is 2.11 bits per heavy atom. The maximum Gasteiger partial charge on any atom is 0.189 e. The molecule has 19 heavy (non-hydrogen) atoms. The highest BCUT2D eigenvalue weighted by Crippen LogP contribution is 2.38. The Hall–Kier alpha value is -2.27. The van der Waals surface area contributed by atoms with Crippen LogP contribution in [-0.4, -0.2) is 32.3 Å². The van der Waals surface area contributed by atoms with Crippen molar-refractivity contribution in [3.63, 3.8) is 0 Å². The molecule has 0 saturated heterocycles. The molecule has 5 nitrogen and oxygen atoms in total. The first-order chi connectivity index (χ1) is 9.35. The van der Waals surface area contributed by atoms with Crippen LogP contribution in [0.3, 0.4) is 0 Å². The van der Waals surface area contributed by atoms with E-state index in [1.807, 2.05) is 36.4 Å². The van der Waals surface area contributed by atoms with Crippen molar-refractivity contribution < 1.29 is 5.11 Å². The number of hydrogen-bond acceptors (Lipinski definition) is 4. The summed E-state index contributed by atoms with van der Waals surface area (Å²) >= 11 is 0. The standard InChI is InChI=1S/C14H14N4O/c19-10-11-6-8-14(9-7-11,13-15-17-18-16-13)12-4-2-1-3-5-12/h1-8,19H,9-10H2,(H,15,16,17,18). The molecular weight excluding hydrogens is 240 g/mol. The summed E-state index contributed by atoms with van der Waals surface area (Å²) in [6.45, 7) is 0.0492. The molecule has 0 radical (unpaired) electrons. The number of rotatable bonds is 3. The van der Waals surface area contributed by atoms with Crippen LogP contribution in [0.25, 0.3) is 0 Å².